The van der Waals surface area contributed by atoms with E-state index in [4.69, 9.17) is 15.2 Å². The fraction of sp³-hybridized carbons (Fsp3) is 0.294. The van der Waals surface area contributed by atoms with Crippen molar-refractivity contribution in [2.24, 2.45) is 5.73 Å². The zero-order chi connectivity index (χ0) is 14.1. The minimum atomic E-state index is -0.146. The Morgan fingerprint density at radius 1 is 0.950 bits per heavy atom. The summed E-state index contributed by atoms with van der Waals surface area (Å²) in [6.45, 7) is 5.39. The summed E-state index contributed by atoms with van der Waals surface area (Å²) in [6.07, 6.45) is 0. The van der Waals surface area contributed by atoms with Gasteiger partial charge < -0.3 is 15.2 Å². The molecule has 1 heterocycles. The fourth-order valence-corrected chi connectivity index (χ4v) is 2.74. The van der Waals surface area contributed by atoms with Crippen LogP contribution in [-0.2, 0) is 0 Å². The van der Waals surface area contributed by atoms with E-state index in [1.807, 2.05) is 18.2 Å². The Morgan fingerprint density at radius 2 is 1.60 bits per heavy atom. The molecule has 3 rings (SSSR count). The van der Waals surface area contributed by atoms with Crippen LogP contribution in [0.15, 0.2) is 36.4 Å². The van der Waals surface area contributed by atoms with E-state index in [1.54, 1.807) is 0 Å². The highest BCUT2D eigenvalue weighted by Crippen LogP contribution is 2.34. The van der Waals surface area contributed by atoms with Gasteiger partial charge in [-0.15, -0.1) is 0 Å². The smallest absolute Gasteiger partial charge is 0.161 e. The van der Waals surface area contributed by atoms with E-state index in [0.29, 0.717) is 13.2 Å². The van der Waals surface area contributed by atoms with Crippen LogP contribution in [0, 0.1) is 13.8 Å². The third-order valence-electron chi connectivity index (χ3n) is 3.78. The molecule has 2 N–H and O–H groups in total. The quantitative estimate of drug-likeness (QED) is 0.911. The second-order valence-electron chi connectivity index (χ2n) is 5.19. The maximum absolute atomic E-state index is 6.45. The number of ether oxygens (including phenoxy) is 2. The van der Waals surface area contributed by atoms with E-state index in [0.717, 1.165) is 17.1 Å². The number of hydrogen-bond acceptors (Lipinski definition) is 3. The zero-order valence-corrected chi connectivity index (χ0v) is 11.8. The highest BCUT2D eigenvalue weighted by atomic mass is 16.6. The van der Waals surface area contributed by atoms with Crippen molar-refractivity contribution in [3.63, 3.8) is 0 Å². The molecule has 1 aliphatic rings. The van der Waals surface area contributed by atoms with Gasteiger partial charge in [-0.25, -0.2) is 0 Å². The first kappa shape index (κ1) is 13.0. The van der Waals surface area contributed by atoms with Crippen LogP contribution >= 0.6 is 0 Å². The number of aryl methyl sites for hydroxylation is 2. The Bertz CT molecular complexity index is 617. The van der Waals surface area contributed by atoms with Gasteiger partial charge in [0, 0.05) is 0 Å². The lowest BCUT2D eigenvalue weighted by molar-refractivity contribution is 0.171. The molecule has 1 atom stereocenters. The van der Waals surface area contributed by atoms with Crippen LogP contribution in [0.3, 0.4) is 0 Å². The average Bonchev–Trinajstić information content (AvgIpc) is 2.46. The van der Waals surface area contributed by atoms with Crippen LogP contribution < -0.4 is 15.2 Å². The topological polar surface area (TPSA) is 44.5 Å². The third-order valence-corrected chi connectivity index (χ3v) is 3.78. The van der Waals surface area contributed by atoms with Gasteiger partial charge in [-0.3, -0.25) is 0 Å². The van der Waals surface area contributed by atoms with Crippen molar-refractivity contribution in [1.82, 2.24) is 0 Å². The predicted molar refractivity (Wildman–Crippen MR) is 79.4 cm³/mol. The van der Waals surface area contributed by atoms with Crippen LogP contribution in [0.4, 0.5) is 0 Å². The monoisotopic (exact) mass is 269 g/mol. The van der Waals surface area contributed by atoms with Crippen LogP contribution in [-0.4, -0.2) is 13.2 Å². The van der Waals surface area contributed by atoms with Gasteiger partial charge in [0.05, 0.1) is 6.04 Å². The molecule has 104 valence electrons. The summed E-state index contributed by atoms with van der Waals surface area (Å²) in [5.74, 6) is 1.59. The standard InChI is InChI=1S/C17H19NO2/c1-11-4-3-5-12(2)16(11)17(18)13-6-7-14-15(10-13)20-9-8-19-14/h3-7,10,17H,8-9,18H2,1-2H3. The molecule has 0 amide bonds. The maximum Gasteiger partial charge on any atom is 0.161 e. The van der Waals surface area contributed by atoms with Crippen molar-refractivity contribution >= 4 is 0 Å². The third kappa shape index (κ3) is 2.25. The Labute approximate surface area is 119 Å². The number of hydrogen-bond donors (Lipinski definition) is 1. The summed E-state index contributed by atoms with van der Waals surface area (Å²) >= 11 is 0. The number of nitrogens with two attached hydrogens (primary N) is 1. The molecule has 3 heteroatoms. The molecule has 1 aliphatic heterocycles. The van der Waals surface area contributed by atoms with Crippen molar-refractivity contribution in [2.75, 3.05) is 13.2 Å². The molecule has 0 spiro atoms. The molecule has 0 aliphatic carbocycles. The normalized spacial score (nSPS) is 14.9. The van der Waals surface area contributed by atoms with Crippen LogP contribution in [0.5, 0.6) is 11.5 Å². The van der Waals surface area contributed by atoms with Gasteiger partial charge in [-0.2, -0.15) is 0 Å². The van der Waals surface area contributed by atoms with Gasteiger partial charge in [0.2, 0.25) is 0 Å². The van der Waals surface area contributed by atoms with Gasteiger partial charge in [-0.1, -0.05) is 24.3 Å². The van der Waals surface area contributed by atoms with E-state index in [9.17, 15) is 0 Å². The molecular formula is C17H19NO2. The molecule has 2 aromatic carbocycles. The summed E-state index contributed by atoms with van der Waals surface area (Å²) in [6, 6.07) is 12.1. The van der Waals surface area contributed by atoms with Crippen molar-refractivity contribution < 1.29 is 9.47 Å². The lowest BCUT2D eigenvalue weighted by Crippen LogP contribution is -2.18. The molecular weight excluding hydrogens is 250 g/mol. The minimum Gasteiger partial charge on any atom is -0.486 e. The van der Waals surface area contributed by atoms with Crippen molar-refractivity contribution in [3.05, 3.63) is 58.7 Å². The molecule has 0 aromatic heterocycles. The van der Waals surface area contributed by atoms with E-state index in [2.05, 4.69) is 32.0 Å². The number of rotatable bonds is 2. The predicted octanol–water partition coefficient (Wildman–Crippen LogP) is 3.12. The Morgan fingerprint density at radius 3 is 2.30 bits per heavy atom. The number of fused-ring (bicyclic) bond motifs is 1. The lowest BCUT2D eigenvalue weighted by atomic mass is 9.92. The minimum absolute atomic E-state index is 0.146. The van der Waals surface area contributed by atoms with Gasteiger partial charge in [0.1, 0.15) is 13.2 Å². The molecule has 0 bridgehead atoms. The Balaban J connectivity index is 2.00. The largest absolute Gasteiger partial charge is 0.486 e. The van der Waals surface area contributed by atoms with E-state index >= 15 is 0 Å². The Hall–Kier alpha value is -2.00. The van der Waals surface area contributed by atoms with Crippen LogP contribution in [0.25, 0.3) is 0 Å². The van der Waals surface area contributed by atoms with E-state index in [-0.39, 0.29) is 6.04 Å². The highest BCUT2D eigenvalue weighted by Gasteiger charge is 2.18. The molecule has 3 nitrogen and oxygen atoms in total. The van der Waals surface area contributed by atoms with Gasteiger partial charge in [0.25, 0.3) is 0 Å². The fourth-order valence-electron chi connectivity index (χ4n) is 2.74. The molecule has 2 aromatic rings. The molecule has 0 radical (unpaired) electrons. The number of benzene rings is 2. The van der Waals surface area contributed by atoms with Gasteiger partial charge in [0.15, 0.2) is 11.5 Å². The molecule has 0 saturated carbocycles. The second-order valence-corrected chi connectivity index (χ2v) is 5.19. The summed E-state index contributed by atoms with van der Waals surface area (Å²) in [7, 11) is 0. The second kappa shape index (κ2) is 5.17. The van der Waals surface area contributed by atoms with Gasteiger partial charge in [-0.05, 0) is 48.2 Å². The van der Waals surface area contributed by atoms with Crippen molar-refractivity contribution in [1.29, 1.82) is 0 Å². The molecule has 20 heavy (non-hydrogen) atoms. The van der Waals surface area contributed by atoms with Crippen molar-refractivity contribution in [3.8, 4) is 11.5 Å². The van der Waals surface area contributed by atoms with Crippen molar-refractivity contribution in [2.45, 2.75) is 19.9 Å². The van der Waals surface area contributed by atoms with E-state index < -0.39 is 0 Å². The maximum atomic E-state index is 6.45. The van der Waals surface area contributed by atoms with Gasteiger partial charge >= 0.3 is 0 Å². The molecule has 1 unspecified atom stereocenters. The first-order chi connectivity index (χ1) is 9.66. The molecule has 0 saturated heterocycles. The first-order valence-electron chi connectivity index (χ1n) is 6.88. The zero-order valence-electron chi connectivity index (χ0n) is 11.8. The van der Waals surface area contributed by atoms with Crippen LogP contribution in [0.1, 0.15) is 28.3 Å². The molecule has 0 fully saturated rings. The summed E-state index contributed by atoms with van der Waals surface area (Å²) in [5.41, 5.74) is 11.1. The van der Waals surface area contributed by atoms with Crippen LogP contribution in [0.2, 0.25) is 0 Å². The summed E-state index contributed by atoms with van der Waals surface area (Å²) in [5, 5.41) is 0. The average molecular weight is 269 g/mol. The first-order valence-corrected chi connectivity index (χ1v) is 6.88. The highest BCUT2D eigenvalue weighted by molar-refractivity contribution is 5.48. The lowest BCUT2D eigenvalue weighted by Gasteiger charge is -2.22. The van der Waals surface area contributed by atoms with E-state index in [1.165, 1.54) is 16.7 Å². The summed E-state index contributed by atoms with van der Waals surface area (Å²) < 4.78 is 11.2. The summed E-state index contributed by atoms with van der Waals surface area (Å²) in [4.78, 5) is 0. The SMILES string of the molecule is Cc1cccc(C)c1C(N)c1ccc2c(c1)OCCO2. The Kier molecular flexibility index (Phi) is 3.36.